The minimum absolute atomic E-state index is 0.115. The quantitative estimate of drug-likeness (QED) is 0.796. The van der Waals surface area contributed by atoms with E-state index in [1.807, 2.05) is 24.3 Å². The Bertz CT molecular complexity index is 380. The molecule has 0 bridgehead atoms. The second-order valence-electron chi connectivity index (χ2n) is 4.85. The molecule has 0 heterocycles. The van der Waals surface area contributed by atoms with Gasteiger partial charge in [-0.1, -0.05) is 25.5 Å². The van der Waals surface area contributed by atoms with Crippen molar-refractivity contribution in [3.63, 3.8) is 0 Å². The van der Waals surface area contributed by atoms with Crippen molar-refractivity contribution in [2.24, 2.45) is 5.92 Å². The van der Waals surface area contributed by atoms with Crippen LogP contribution in [0.4, 0.5) is 0 Å². The lowest BCUT2D eigenvalue weighted by molar-refractivity contribution is -0.123. The fraction of sp³-hybridized carbons (Fsp3) is 0.533. The highest BCUT2D eigenvalue weighted by Crippen LogP contribution is 2.34. The Balaban J connectivity index is 2.09. The van der Waals surface area contributed by atoms with Gasteiger partial charge in [0.25, 0.3) is 0 Å². The van der Waals surface area contributed by atoms with Crippen LogP contribution in [0.5, 0.6) is 5.75 Å². The summed E-state index contributed by atoms with van der Waals surface area (Å²) in [6, 6.07) is 7.92. The average molecular weight is 232 g/mol. The van der Waals surface area contributed by atoms with Gasteiger partial charge >= 0.3 is 0 Å². The predicted octanol–water partition coefficient (Wildman–Crippen LogP) is 3.56. The summed E-state index contributed by atoms with van der Waals surface area (Å²) in [6.45, 7) is 2.17. The van der Waals surface area contributed by atoms with E-state index in [-0.39, 0.29) is 5.92 Å². The maximum absolute atomic E-state index is 12.1. The molecule has 1 aromatic rings. The normalized spacial score (nSPS) is 24.7. The molecule has 2 heteroatoms. The molecule has 0 aliphatic heterocycles. The molecule has 17 heavy (non-hydrogen) atoms. The van der Waals surface area contributed by atoms with Crippen LogP contribution in [0.2, 0.25) is 0 Å². The monoisotopic (exact) mass is 232 g/mol. The Morgan fingerprint density at radius 1 is 1.24 bits per heavy atom. The molecule has 92 valence electrons. The van der Waals surface area contributed by atoms with E-state index in [0.717, 1.165) is 30.6 Å². The lowest BCUT2D eigenvalue weighted by Crippen LogP contribution is -2.22. The molecule has 1 aromatic carbocycles. The van der Waals surface area contributed by atoms with Crippen LogP contribution in [0.25, 0.3) is 0 Å². The van der Waals surface area contributed by atoms with E-state index in [0.29, 0.717) is 11.7 Å². The van der Waals surface area contributed by atoms with Crippen LogP contribution in [0.3, 0.4) is 0 Å². The maximum Gasteiger partial charge on any atom is 0.140 e. The highest BCUT2D eigenvalue weighted by Gasteiger charge is 2.28. The van der Waals surface area contributed by atoms with Gasteiger partial charge in [0.1, 0.15) is 11.5 Å². The highest BCUT2D eigenvalue weighted by atomic mass is 16.5. The minimum atomic E-state index is 0.115. The topological polar surface area (TPSA) is 26.3 Å². The number of rotatable bonds is 3. The molecule has 0 saturated heterocycles. The summed E-state index contributed by atoms with van der Waals surface area (Å²) in [5.74, 6) is 1.98. The van der Waals surface area contributed by atoms with Gasteiger partial charge in [-0.3, -0.25) is 4.79 Å². The molecule has 1 saturated carbocycles. The zero-order chi connectivity index (χ0) is 12.3. The summed E-state index contributed by atoms with van der Waals surface area (Å²) in [6.07, 6.45) is 4.07. The first-order valence-electron chi connectivity index (χ1n) is 6.41. The molecule has 1 aliphatic rings. The summed E-state index contributed by atoms with van der Waals surface area (Å²) < 4.78 is 5.13. The van der Waals surface area contributed by atoms with Gasteiger partial charge in [-0.15, -0.1) is 0 Å². The third-order valence-corrected chi connectivity index (χ3v) is 3.84. The number of ketones is 1. The first kappa shape index (κ1) is 12.2. The molecule has 0 unspecified atom stereocenters. The van der Waals surface area contributed by atoms with E-state index in [2.05, 4.69) is 6.92 Å². The highest BCUT2D eigenvalue weighted by molar-refractivity contribution is 5.86. The van der Waals surface area contributed by atoms with Crippen LogP contribution in [-0.4, -0.2) is 12.9 Å². The van der Waals surface area contributed by atoms with Gasteiger partial charge < -0.3 is 4.74 Å². The van der Waals surface area contributed by atoms with Crippen LogP contribution in [0.15, 0.2) is 24.3 Å². The molecule has 0 N–H and O–H groups in total. The van der Waals surface area contributed by atoms with Crippen molar-refractivity contribution in [1.82, 2.24) is 0 Å². The fourth-order valence-corrected chi connectivity index (χ4v) is 2.63. The lowest BCUT2D eigenvalue weighted by Gasteiger charge is -2.26. The number of benzene rings is 1. The van der Waals surface area contributed by atoms with Gasteiger partial charge in [0.15, 0.2) is 0 Å². The molecule has 0 aromatic heterocycles. The first-order chi connectivity index (χ1) is 8.24. The van der Waals surface area contributed by atoms with Crippen molar-refractivity contribution in [3.8, 4) is 5.75 Å². The van der Waals surface area contributed by atoms with Crippen molar-refractivity contribution >= 4 is 5.78 Å². The van der Waals surface area contributed by atoms with Crippen molar-refractivity contribution in [3.05, 3.63) is 29.8 Å². The molecule has 0 amide bonds. The van der Waals surface area contributed by atoms with E-state index in [1.165, 1.54) is 6.42 Å². The molecule has 1 fully saturated rings. The van der Waals surface area contributed by atoms with E-state index in [9.17, 15) is 4.79 Å². The van der Waals surface area contributed by atoms with Crippen LogP contribution in [0, 0.1) is 5.92 Å². The van der Waals surface area contributed by atoms with E-state index < -0.39 is 0 Å². The third kappa shape index (κ3) is 2.68. The number of carbonyl (C=O) groups is 1. The van der Waals surface area contributed by atoms with Gasteiger partial charge in [0, 0.05) is 12.3 Å². The molecule has 0 radical (unpaired) electrons. The number of hydrogen-bond acceptors (Lipinski definition) is 2. The summed E-state index contributed by atoms with van der Waals surface area (Å²) in [4.78, 5) is 12.1. The molecule has 0 spiro atoms. The Hall–Kier alpha value is -1.31. The summed E-state index contributed by atoms with van der Waals surface area (Å²) in [5.41, 5.74) is 1.14. The Morgan fingerprint density at radius 3 is 2.47 bits per heavy atom. The van der Waals surface area contributed by atoms with E-state index in [4.69, 9.17) is 4.74 Å². The number of Topliss-reactive ketones (excluding diaryl/α,β-unsaturated/α-hetero) is 1. The smallest absolute Gasteiger partial charge is 0.140 e. The van der Waals surface area contributed by atoms with Crippen molar-refractivity contribution in [2.45, 2.75) is 38.5 Å². The van der Waals surface area contributed by atoms with Crippen LogP contribution in [-0.2, 0) is 4.79 Å². The number of ether oxygens (including phenoxy) is 1. The third-order valence-electron chi connectivity index (χ3n) is 3.84. The molecular weight excluding hydrogens is 212 g/mol. The maximum atomic E-state index is 12.1. The van der Waals surface area contributed by atoms with Crippen LogP contribution < -0.4 is 4.74 Å². The molecular formula is C15H20O2. The molecule has 2 atom stereocenters. The summed E-state index contributed by atoms with van der Waals surface area (Å²) >= 11 is 0. The van der Waals surface area contributed by atoms with E-state index in [1.54, 1.807) is 7.11 Å². The Morgan fingerprint density at radius 2 is 1.94 bits per heavy atom. The van der Waals surface area contributed by atoms with E-state index >= 15 is 0 Å². The average Bonchev–Trinajstić information content (AvgIpc) is 2.39. The van der Waals surface area contributed by atoms with Crippen LogP contribution >= 0.6 is 0 Å². The second-order valence-corrected chi connectivity index (χ2v) is 4.85. The number of carbonyl (C=O) groups excluding carboxylic acids is 1. The van der Waals surface area contributed by atoms with Crippen molar-refractivity contribution in [2.75, 3.05) is 7.11 Å². The molecule has 1 aliphatic carbocycles. The minimum Gasteiger partial charge on any atom is -0.497 e. The van der Waals surface area contributed by atoms with Gasteiger partial charge in [0.05, 0.1) is 7.11 Å². The van der Waals surface area contributed by atoms with Crippen molar-refractivity contribution in [1.29, 1.82) is 0 Å². The zero-order valence-electron chi connectivity index (χ0n) is 10.6. The van der Waals surface area contributed by atoms with Crippen molar-refractivity contribution < 1.29 is 9.53 Å². The first-order valence-corrected chi connectivity index (χ1v) is 6.41. The summed E-state index contributed by atoms with van der Waals surface area (Å²) in [7, 11) is 1.66. The standard InChI is InChI=1S/C15H20O2/c1-3-11-4-9-14(15(16)10-11)12-5-7-13(17-2)8-6-12/h5-8,11,14H,3-4,9-10H2,1-2H3/t11-,14+/m0/s1. The van der Waals surface area contributed by atoms with Gasteiger partial charge in [-0.25, -0.2) is 0 Å². The largest absolute Gasteiger partial charge is 0.497 e. The van der Waals surface area contributed by atoms with Gasteiger partial charge in [-0.2, -0.15) is 0 Å². The predicted molar refractivity (Wildman–Crippen MR) is 68.4 cm³/mol. The zero-order valence-corrected chi connectivity index (χ0v) is 10.6. The molecule has 2 rings (SSSR count). The number of methoxy groups -OCH3 is 1. The fourth-order valence-electron chi connectivity index (χ4n) is 2.63. The SMILES string of the molecule is CC[C@H]1CC[C@H](c2ccc(OC)cc2)C(=O)C1. The number of hydrogen-bond donors (Lipinski definition) is 0. The van der Waals surface area contributed by atoms with Crippen LogP contribution in [0.1, 0.15) is 44.1 Å². The van der Waals surface area contributed by atoms with Gasteiger partial charge in [0.2, 0.25) is 0 Å². The van der Waals surface area contributed by atoms with Gasteiger partial charge in [-0.05, 0) is 36.5 Å². The summed E-state index contributed by atoms with van der Waals surface area (Å²) in [5, 5.41) is 0. The Kier molecular flexibility index (Phi) is 3.82. The lowest BCUT2D eigenvalue weighted by atomic mass is 9.77. The Labute approximate surface area is 103 Å². The second kappa shape index (κ2) is 5.35. The molecule has 2 nitrogen and oxygen atoms in total.